The Hall–Kier alpha value is -0.550. The van der Waals surface area contributed by atoms with Gasteiger partial charge in [-0.3, -0.25) is 4.79 Å². The van der Waals surface area contributed by atoms with Gasteiger partial charge in [-0.15, -0.1) is 11.3 Å². The number of thiazole rings is 1. The van der Waals surface area contributed by atoms with Crippen molar-refractivity contribution in [3.05, 3.63) is 11.6 Å². The van der Waals surface area contributed by atoms with Gasteiger partial charge in [0, 0.05) is 16.8 Å². The second kappa shape index (κ2) is 5.36. The minimum Gasteiger partial charge on any atom is -0.469 e. The van der Waals surface area contributed by atoms with Crippen LogP contribution in [0.4, 0.5) is 0 Å². The topological polar surface area (TPSA) is 39.2 Å². The predicted molar refractivity (Wildman–Crippen MR) is 58.6 cm³/mol. The van der Waals surface area contributed by atoms with Crippen LogP contribution in [0.1, 0.15) is 13.8 Å². The third-order valence-corrected chi connectivity index (χ3v) is 4.20. The van der Waals surface area contributed by atoms with E-state index < -0.39 is 0 Å². The third kappa shape index (κ3) is 2.99. The Morgan fingerprint density at radius 3 is 2.86 bits per heavy atom. The SMILES string of the molecule is COC(=O)C(C)C(C)Sc1nccs1. The number of aromatic nitrogens is 1. The van der Waals surface area contributed by atoms with Crippen molar-refractivity contribution < 1.29 is 9.53 Å². The maximum absolute atomic E-state index is 11.2. The third-order valence-electron chi connectivity index (χ3n) is 1.97. The molecule has 1 aromatic heterocycles. The number of esters is 1. The van der Waals surface area contributed by atoms with E-state index in [1.54, 1.807) is 29.3 Å². The molecule has 0 N–H and O–H groups in total. The smallest absolute Gasteiger partial charge is 0.309 e. The molecule has 2 atom stereocenters. The number of rotatable bonds is 4. The van der Waals surface area contributed by atoms with Crippen LogP contribution in [0.25, 0.3) is 0 Å². The molecule has 0 amide bonds. The summed E-state index contributed by atoms with van der Waals surface area (Å²) in [5.74, 6) is -0.268. The van der Waals surface area contributed by atoms with Crippen LogP contribution in [0.15, 0.2) is 15.9 Å². The average molecular weight is 231 g/mol. The highest BCUT2D eigenvalue weighted by Crippen LogP contribution is 2.29. The normalized spacial score (nSPS) is 14.8. The highest BCUT2D eigenvalue weighted by atomic mass is 32.2. The van der Waals surface area contributed by atoms with E-state index in [1.165, 1.54) is 7.11 Å². The molecule has 0 aliphatic heterocycles. The molecule has 14 heavy (non-hydrogen) atoms. The lowest BCUT2D eigenvalue weighted by Gasteiger charge is -2.15. The molecule has 0 saturated carbocycles. The van der Waals surface area contributed by atoms with Crippen LogP contribution in [-0.2, 0) is 9.53 Å². The highest BCUT2D eigenvalue weighted by Gasteiger charge is 2.22. The number of methoxy groups -OCH3 is 1. The second-order valence-corrected chi connectivity index (χ2v) is 5.45. The molecular formula is C9H13NO2S2. The van der Waals surface area contributed by atoms with Crippen molar-refractivity contribution in [3.63, 3.8) is 0 Å². The van der Waals surface area contributed by atoms with E-state index in [1.807, 2.05) is 19.2 Å². The molecule has 0 spiro atoms. The standard InChI is InChI=1S/C9H13NO2S2/c1-6(8(11)12-3)7(2)14-9-10-4-5-13-9/h4-7H,1-3H3. The van der Waals surface area contributed by atoms with Crippen LogP contribution in [0.3, 0.4) is 0 Å². The first-order valence-corrected chi connectivity index (χ1v) is 6.05. The summed E-state index contributed by atoms with van der Waals surface area (Å²) in [4.78, 5) is 15.4. The molecule has 0 fully saturated rings. The van der Waals surface area contributed by atoms with Crippen LogP contribution in [-0.4, -0.2) is 23.3 Å². The van der Waals surface area contributed by atoms with Gasteiger partial charge in [0.15, 0.2) is 0 Å². The molecule has 78 valence electrons. The summed E-state index contributed by atoms with van der Waals surface area (Å²) in [5, 5.41) is 2.12. The Morgan fingerprint density at radius 1 is 1.64 bits per heavy atom. The number of nitrogens with zero attached hydrogens (tertiary/aromatic N) is 1. The molecule has 5 heteroatoms. The molecule has 0 saturated heterocycles. The Balaban J connectivity index is 2.49. The molecule has 1 heterocycles. The van der Waals surface area contributed by atoms with Gasteiger partial charge in [0.25, 0.3) is 0 Å². The van der Waals surface area contributed by atoms with Crippen LogP contribution < -0.4 is 0 Å². The molecule has 1 rings (SSSR count). The largest absolute Gasteiger partial charge is 0.469 e. The summed E-state index contributed by atoms with van der Waals surface area (Å²) in [7, 11) is 1.42. The lowest BCUT2D eigenvalue weighted by Crippen LogP contribution is -2.21. The monoisotopic (exact) mass is 231 g/mol. The molecule has 2 unspecified atom stereocenters. The minimum absolute atomic E-state index is 0.103. The van der Waals surface area contributed by atoms with Crippen LogP contribution in [0.2, 0.25) is 0 Å². The fourth-order valence-electron chi connectivity index (χ4n) is 0.907. The van der Waals surface area contributed by atoms with Crippen molar-refractivity contribution in [2.24, 2.45) is 5.92 Å². The van der Waals surface area contributed by atoms with Crippen molar-refractivity contribution in [2.75, 3.05) is 7.11 Å². The maximum atomic E-state index is 11.2. The van der Waals surface area contributed by atoms with E-state index in [0.29, 0.717) is 0 Å². The molecule has 0 radical (unpaired) electrons. The van der Waals surface area contributed by atoms with Gasteiger partial charge in [0.2, 0.25) is 0 Å². The number of ether oxygens (including phenoxy) is 1. The lowest BCUT2D eigenvalue weighted by atomic mass is 10.1. The van der Waals surface area contributed by atoms with Crippen LogP contribution >= 0.6 is 23.1 Å². The molecule has 0 aliphatic carbocycles. The minimum atomic E-state index is -0.165. The van der Waals surface area contributed by atoms with Gasteiger partial charge in [-0.25, -0.2) is 4.98 Å². The van der Waals surface area contributed by atoms with Gasteiger partial charge >= 0.3 is 5.97 Å². The zero-order chi connectivity index (χ0) is 10.6. The number of thioether (sulfide) groups is 1. The summed E-state index contributed by atoms with van der Waals surface area (Å²) >= 11 is 3.20. The number of hydrogen-bond acceptors (Lipinski definition) is 5. The second-order valence-electron chi connectivity index (χ2n) is 2.93. The molecule has 1 aromatic rings. The Bertz CT molecular complexity index is 287. The van der Waals surface area contributed by atoms with E-state index >= 15 is 0 Å². The molecular weight excluding hydrogens is 218 g/mol. The first-order chi connectivity index (χ1) is 6.65. The highest BCUT2D eigenvalue weighted by molar-refractivity contribution is 8.01. The summed E-state index contributed by atoms with van der Waals surface area (Å²) in [5.41, 5.74) is 0. The van der Waals surface area contributed by atoms with E-state index in [4.69, 9.17) is 0 Å². The van der Waals surface area contributed by atoms with Crippen molar-refractivity contribution in [2.45, 2.75) is 23.4 Å². The molecule has 0 bridgehead atoms. The number of carbonyl (C=O) groups excluding carboxylic acids is 1. The predicted octanol–water partition coefficient (Wildman–Crippen LogP) is 2.43. The molecule has 0 aromatic carbocycles. The van der Waals surface area contributed by atoms with Gasteiger partial charge in [0.05, 0.1) is 13.0 Å². The van der Waals surface area contributed by atoms with Crippen molar-refractivity contribution in [1.82, 2.24) is 4.98 Å². The fraction of sp³-hybridized carbons (Fsp3) is 0.556. The van der Waals surface area contributed by atoms with E-state index in [0.717, 1.165) is 4.34 Å². The quantitative estimate of drug-likeness (QED) is 0.589. The van der Waals surface area contributed by atoms with Crippen LogP contribution in [0, 0.1) is 5.92 Å². The molecule has 3 nitrogen and oxygen atoms in total. The van der Waals surface area contributed by atoms with Crippen molar-refractivity contribution in [3.8, 4) is 0 Å². The van der Waals surface area contributed by atoms with Gasteiger partial charge < -0.3 is 4.74 Å². The lowest BCUT2D eigenvalue weighted by molar-refractivity contribution is -0.144. The Kier molecular flexibility index (Phi) is 4.41. The van der Waals surface area contributed by atoms with Crippen molar-refractivity contribution >= 4 is 29.1 Å². The Labute approximate surface area is 91.9 Å². The van der Waals surface area contributed by atoms with Gasteiger partial charge in [-0.2, -0.15) is 0 Å². The van der Waals surface area contributed by atoms with E-state index in [2.05, 4.69) is 9.72 Å². The van der Waals surface area contributed by atoms with Gasteiger partial charge in [0.1, 0.15) is 4.34 Å². The zero-order valence-corrected chi connectivity index (χ0v) is 10.0. The average Bonchev–Trinajstić information content (AvgIpc) is 2.68. The number of carbonyl (C=O) groups is 1. The first kappa shape index (κ1) is 11.5. The van der Waals surface area contributed by atoms with E-state index in [9.17, 15) is 4.79 Å². The maximum Gasteiger partial charge on any atom is 0.309 e. The summed E-state index contributed by atoms with van der Waals surface area (Å²) in [6.45, 7) is 3.88. The van der Waals surface area contributed by atoms with Gasteiger partial charge in [-0.05, 0) is 0 Å². The summed E-state index contributed by atoms with van der Waals surface area (Å²) < 4.78 is 5.68. The van der Waals surface area contributed by atoms with Crippen LogP contribution in [0.5, 0.6) is 0 Å². The Morgan fingerprint density at radius 2 is 2.36 bits per heavy atom. The zero-order valence-electron chi connectivity index (χ0n) is 8.39. The first-order valence-electron chi connectivity index (χ1n) is 4.29. The number of hydrogen-bond donors (Lipinski definition) is 0. The summed E-state index contributed by atoms with van der Waals surface area (Å²) in [6.07, 6.45) is 1.77. The molecule has 0 aliphatic rings. The fourth-order valence-corrected chi connectivity index (χ4v) is 2.87. The van der Waals surface area contributed by atoms with Gasteiger partial charge in [-0.1, -0.05) is 25.6 Å². The van der Waals surface area contributed by atoms with E-state index in [-0.39, 0.29) is 17.1 Å². The van der Waals surface area contributed by atoms with Crippen molar-refractivity contribution in [1.29, 1.82) is 0 Å². The summed E-state index contributed by atoms with van der Waals surface area (Å²) in [6, 6.07) is 0.